The number of rotatable bonds is 5. The quantitative estimate of drug-likeness (QED) is 0.547. The molecule has 0 amide bonds. The molecule has 2 aromatic rings. The predicted octanol–water partition coefficient (Wildman–Crippen LogP) is 6.65. The average molecular weight is 408 g/mol. The van der Waals surface area contributed by atoms with Gasteiger partial charge in [-0.2, -0.15) is 0 Å². The van der Waals surface area contributed by atoms with E-state index in [0.717, 1.165) is 16.5 Å². The highest BCUT2D eigenvalue weighted by Crippen LogP contribution is 2.32. The molecule has 21 heavy (non-hydrogen) atoms. The van der Waals surface area contributed by atoms with Gasteiger partial charge in [0, 0.05) is 27.6 Å². The summed E-state index contributed by atoms with van der Waals surface area (Å²) in [6.45, 7) is 2.72. The highest BCUT2D eigenvalue weighted by atomic mass is 79.9. The van der Waals surface area contributed by atoms with Crippen LogP contribution in [0.4, 0.5) is 0 Å². The van der Waals surface area contributed by atoms with E-state index >= 15 is 0 Å². The van der Waals surface area contributed by atoms with Crippen LogP contribution in [0.5, 0.6) is 0 Å². The zero-order valence-corrected chi connectivity index (χ0v) is 15.3. The van der Waals surface area contributed by atoms with Gasteiger partial charge in [-0.3, -0.25) is 0 Å². The molecule has 1 unspecified atom stereocenters. The minimum atomic E-state index is 0.240. The van der Waals surface area contributed by atoms with Crippen molar-refractivity contribution >= 4 is 50.7 Å². The molecule has 0 aliphatic carbocycles. The van der Waals surface area contributed by atoms with Gasteiger partial charge in [-0.15, -0.1) is 0 Å². The smallest absolute Gasteiger partial charge is 0.0652 e. The maximum Gasteiger partial charge on any atom is 0.0652 e. The lowest BCUT2D eigenvalue weighted by molar-refractivity contribution is 0.519. The maximum absolute atomic E-state index is 6.23. The number of hydrogen-bond acceptors (Lipinski definition) is 1. The molecule has 0 radical (unpaired) electrons. The lowest BCUT2D eigenvalue weighted by Crippen LogP contribution is -2.20. The van der Waals surface area contributed by atoms with Gasteiger partial charge < -0.3 is 5.32 Å². The number of hydrogen-bond donors (Lipinski definition) is 1. The summed E-state index contributed by atoms with van der Waals surface area (Å²) in [6.07, 6.45) is 0.970. The molecular formula is C16H15BrCl3N. The van der Waals surface area contributed by atoms with Gasteiger partial charge in [-0.05, 0) is 36.2 Å². The first-order valence-corrected chi connectivity index (χ1v) is 8.56. The van der Waals surface area contributed by atoms with Crippen LogP contribution >= 0.6 is 50.7 Å². The van der Waals surface area contributed by atoms with Crippen molar-refractivity contribution in [3.05, 3.63) is 67.1 Å². The van der Waals surface area contributed by atoms with Gasteiger partial charge in [-0.25, -0.2) is 0 Å². The van der Waals surface area contributed by atoms with Gasteiger partial charge in [0.2, 0.25) is 0 Å². The van der Waals surface area contributed by atoms with Crippen molar-refractivity contribution in [3.63, 3.8) is 0 Å². The predicted molar refractivity (Wildman–Crippen MR) is 95.5 cm³/mol. The number of halogens is 4. The summed E-state index contributed by atoms with van der Waals surface area (Å²) >= 11 is 21.9. The van der Waals surface area contributed by atoms with Gasteiger partial charge in [0.25, 0.3) is 0 Å². The summed E-state index contributed by atoms with van der Waals surface area (Å²) in [7, 11) is 0. The van der Waals surface area contributed by atoms with Crippen molar-refractivity contribution in [3.8, 4) is 0 Å². The molecule has 2 rings (SSSR count). The highest BCUT2D eigenvalue weighted by Gasteiger charge is 2.13. The van der Waals surface area contributed by atoms with E-state index in [0.29, 0.717) is 21.6 Å². The molecule has 1 nitrogen and oxygen atoms in total. The Morgan fingerprint density at radius 1 is 1.00 bits per heavy atom. The topological polar surface area (TPSA) is 12.0 Å². The molecule has 1 N–H and O–H groups in total. The summed E-state index contributed by atoms with van der Waals surface area (Å²) in [4.78, 5) is 0. The fraction of sp³-hybridized carbons (Fsp3) is 0.250. The molecular weight excluding hydrogens is 392 g/mol. The Bertz CT molecular complexity index is 614. The van der Waals surface area contributed by atoms with Crippen molar-refractivity contribution in [1.29, 1.82) is 0 Å². The standard InChI is InChI=1S/C16H15BrCl3N/c1-2-15(10-3-5-11(17)6-4-10)21-9-12-13(18)7-8-14(19)16(12)20/h3-8,15,21H,2,9H2,1H3. The molecule has 0 aliphatic rings. The average Bonchev–Trinajstić information content (AvgIpc) is 2.48. The normalized spacial score (nSPS) is 12.4. The first-order chi connectivity index (χ1) is 10.0. The molecule has 0 saturated carbocycles. The van der Waals surface area contributed by atoms with E-state index in [4.69, 9.17) is 34.8 Å². The lowest BCUT2D eigenvalue weighted by atomic mass is 10.0. The Kier molecular flexibility index (Phi) is 6.39. The monoisotopic (exact) mass is 405 g/mol. The highest BCUT2D eigenvalue weighted by molar-refractivity contribution is 9.10. The maximum atomic E-state index is 6.23. The Morgan fingerprint density at radius 3 is 2.24 bits per heavy atom. The molecule has 1 atom stereocenters. The summed E-state index contributed by atoms with van der Waals surface area (Å²) in [5.74, 6) is 0. The molecule has 0 heterocycles. The molecule has 2 aromatic carbocycles. The minimum Gasteiger partial charge on any atom is -0.306 e. The van der Waals surface area contributed by atoms with E-state index in [2.05, 4.69) is 40.3 Å². The molecule has 0 aromatic heterocycles. The van der Waals surface area contributed by atoms with Crippen LogP contribution in [-0.2, 0) is 6.54 Å². The van der Waals surface area contributed by atoms with Crippen LogP contribution in [-0.4, -0.2) is 0 Å². The number of benzene rings is 2. The van der Waals surface area contributed by atoms with Crippen molar-refractivity contribution < 1.29 is 0 Å². The Morgan fingerprint density at radius 2 is 1.62 bits per heavy atom. The zero-order valence-electron chi connectivity index (χ0n) is 11.5. The Hall–Kier alpha value is -0.250. The van der Waals surface area contributed by atoms with E-state index < -0.39 is 0 Å². The summed E-state index contributed by atoms with van der Waals surface area (Å²) in [5, 5.41) is 5.15. The zero-order chi connectivity index (χ0) is 15.4. The second-order valence-electron chi connectivity index (χ2n) is 4.72. The van der Waals surface area contributed by atoms with Gasteiger partial charge >= 0.3 is 0 Å². The first-order valence-electron chi connectivity index (χ1n) is 6.64. The number of nitrogens with one attached hydrogen (secondary N) is 1. The van der Waals surface area contributed by atoms with Crippen LogP contribution in [0.25, 0.3) is 0 Å². The van der Waals surface area contributed by atoms with Crippen LogP contribution in [0.3, 0.4) is 0 Å². The lowest BCUT2D eigenvalue weighted by Gasteiger charge is -2.19. The first kappa shape index (κ1) is 17.1. The van der Waals surface area contributed by atoms with Gasteiger partial charge in [-0.1, -0.05) is 69.8 Å². The fourth-order valence-corrected chi connectivity index (χ4v) is 3.10. The summed E-state index contributed by atoms with van der Waals surface area (Å²) in [5.41, 5.74) is 2.07. The second kappa shape index (κ2) is 7.85. The third-order valence-corrected chi connectivity index (χ3v) is 5.07. The van der Waals surface area contributed by atoms with Crippen LogP contribution in [0.1, 0.15) is 30.5 Å². The summed E-state index contributed by atoms with van der Waals surface area (Å²) < 4.78 is 1.07. The third kappa shape index (κ3) is 4.37. The Balaban J connectivity index is 2.14. The van der Waals surface area contributed by atoms with E-state index in [-0.39, 0.29) is 6.04 Å². The molecule has 0 aliphatic heterocycles. The van der Waals surface area contributed by atoms with E-state index in [9.17, 15) is 0 Å². The van der Waals surface area contributed by atoms with Gasteiger partial charge in [0.15, 0.2) is 0 Å². The van der Waals surface area contributed by atoms with Gasteiger partial charge in [0.05, 0.1) is 10.0 Å². The van der Waals surface area contributed by atoms with Crippen LogP contribution in [0, 0.1) is 0 Å². The van der Waals surface area contributed by atoms with E-state index in [1.807, 2.05) is 12.1 Å². The SMILES string of the molecule is CCC(NCc1c(Cl)ccc(Cl)c1Cl)c1ccc(Br)cc1. The summed E-state index contributed by atoms with van der Waals surface area (Å²) in [6, 6.07) is 12.0. The van der Waals surface area contributed by atoms with E-state index in [1.54, 1.807) is 12.1 Å². The largest absolute Gasteiger partial charge is 0.306 e. The van der Waals surface area contributed by atoms with Crippen LogP contribution < -0.4 is 5.32 Å². The molecule has 0 bridgehead atoms. The van der Waals surface area contributed by atoms with Crippen molar-refractivity contribution in [2.24, 2.45) is 0 Å². The molecule has 0 fully saturated rings. The third-order valence-electron chi connectivity index (χ3n) is 3.34. The second-order valence-corrected chi connectivity index (χ2v) is 6.82. The van der Waals surface area contributed by atoms with Crippen molar-refractivity contribution in [2.45, 2.75) is 25.9 Å². The molecule has 112 valence electrons. The van der Waals surface area contributed by atoms with Crippen LogP contribution in [0.2, 0.25) is 15.1 Å². The fourth-order valence-electron chi connectivity index (χ4n) is 2.15. The van der Waals surface area contributed by atoms with Crippen LogP contribution in [0.15, 0.2) is 40.9 Å². The van der Waals surface area contributed by atoms with E-state index in [1.165, 1.54) is 5.56 Å². The minimum absolute atomic E-state index is 0.240. The van der Waals surface area contributed by atoms with Gasteiger partial charge in [0.1, 0.15) is 0 Å². The van der Waals surface area contributed by atoms with Crippen molar-refractivity contribution in [1.82, 2.24) is 5.32 Å². The Labute approximate surface area is 148 Å². The molecule has 0 spiro atoms. The molecule has 0 saturated heterocycles. The molecule has 5 heteroatoms. The van der Waals surface area contributed by atoms with Crippen molar-refractivity contribution in [2.75, 3.05) is 0 Å².